The van der Waals surface area contributed by atoms with Crippen molar-refractivity contribution in [3.63, 3.8) is 0 Å². The minimum atomic E-state index is -0.244. The number of nitrogens with one attached hydrogen (secondary N) is 1. The maximum absolute atomic E-state index is 12.3. The Kier molecular flexibility index (Phi) is 4.32. The van der Waals surface area contributed by atoms with Crippen molar-refractivity contribution in [1.29, 1.82) is 0 Å². The van der Waals surface area contributed by atoms with Gasteiger partial charge in [0, 0.05) is 19.3 Å². The van der Waals surface area contributed by atoms with E-state index in [0.717, 1.165) is 12.2 Å². The van der Waals surface area contributed by atoms with Gasteiger partial charge in [-0.15, -0.1) is 0 Å². The molecule has 1 aromatic carbocycles. The topological polar surface area (TPSA) is 58.6 Å². The summed E-state index contributed by atoms with van der Waals surface area (Å²) >= 11 is 0. The lowest BCUT2D eigenvalue weighted by Crippen LogP contribution is -2.32. The Bertz CT molecular complexity index is 561. The third-order valence-corrected chi connectivity index (χ3v) is 3.31. The minimum Gasteiger partial charge on any atom is -0.384 e. The van der Waals surface area contributed by atoms with E-state index in [1.807, 2.05) is 6.07 Å². The lowest BCUT2D eigenvalue weighted by atomic mass is 9.97. The number of nitrogens with zero attached hydrogens (tertiary/aromatic N) is 1. The molecule has 0 radical (unpaired) electrons. The molecule has 1 N–H and O–H groups in total. The van der Waals surface area contributed by atoms with E-state index in [2.05, 4.69) is 26.1 Å². The molecule has 0 unspecified atom stereocenters. The van der Waals surface area contributed by atoms with Gasteiger partial charge in [-0.2, -0.15) is 0 Å². The molecule has 21 heavy (non-hydrogen) atoms. The van der Waals surface area contributed by atoms with Crippen LogP contribution in [0.25, 0.3) is 0 Å². The van der Waals surface area contributed by atoms with E-state index in [-0.39, 0.29) is 23.8 Å². The van der Waals surface area contributed by atoms with Gasteiger partial charge in [0.05, 0.1) is 24.3 Å². The first kappa shape index (κ1) is 15.5. The monoisotopic (exact) mass is 290 g/mol. The SMILES string of the molecule is COCCN1C(=O)c2ccc(NCC(C)(C)C)cc2C1=O. The Hall–Kier alpha value is -1.88. The molecule has 5 heteroatoms. The van der Waals surface area contributed by atoms with Crippen molar-refractivity contribution in [1.82, 2.24) is 4.90 Å². The van der Waals surface area contributed by atoms with Crippen LogP contribution in [0.3, 0.4) is 0 Å². The number of ether oxygens (including phenoxy) is 1. The van der Waals surface area contributed by atoms with Crippen LogP contribution in [0.4, 0.5) is 5.69 Å². The highest BCUT2D eigenvalue weighted by molar-refractivity contribution is 6.21. The molecule has 1 aliphatic heterocycles. The van der Waals surface area contributed by atoms with Gasteiger partial charge < -0.3 is 10.1 Å². The summed E-state index contributed by atoms with van der Waals surface area (Å²) in [5.41, 5.74) is 1.94. The van der Waals surface area contributed by atoms with Gasteiger partial charge >= 0.3 is 0 Å². The van der Waals surface area contributed by atoms with E-state index in [1.54, 1.807) is 19.2 Å². The van der Waals surface area contributed by atoms with Crippen LogP contribution in [0, 0.1) is 5.41 Å². The minimum absolute atomic E-state index is 0.142. The molecule has 1 aromatic rings. The highest BCUT2D eigenvalue weighted by atomic mass is 16.5. The third kappa shape index (κ3) is 3.42. The van der Waals surface area contributed by atoms with Crippen molar-refractivity contribution in [2.45, 2.75) is 20.8 Å². The molecular formula is C16H22N2O3. The fraction of sp³-hybridized carbons (Fsp3) is 0.500. The number of rotatable bonds is 5. The van der Waals surface area contributed by atoms with E-state index in [4.69, 9.17) is 4.74 Å². The largest absolute Gasteiger partial charge is 0.384 e. The molecule has 2 rings (SSSR count). The highest BCUT2D eigenvalue weighted by Crippen LogP contribution is 2.26. The zero-order valence-corrected chi connectivity index (χ0v) is 13.0. The van der Waals surface area contributed by atoms with Crippen LogP contribution >= 0.6 is 0 Å². The van der Waals surface area contributed by atoms with Gasteiger partial charge in [-0.1, -0.05) is 20.8 Å². The molecule has 0 fully saturated rings. The number of hydrogen-bond donors (Lipinski definition) is 1. The van der Waals surface area contributed by atoms with Gasteiger partial charge in [-0.25, -0.2) is 0 Å². The maximum Gasteiger partial charge on any atom is 0.261 e. The molecule has 1 heterocycles. The van der Waals surface area contributed by atoms with Gasteiger partial charge in [0.2, 0.25) is 0 Å². The van der Waals surface area contributed by atoms with Crippen molar-refractivity contribution in [3.8, 4) is 0 Å². The Morgan fingerprint density at radius 3 is 2.43 bits per heavy atom. The van der Waals surface area contributed by atoms with Crippen molar-refractivity contribution in [2.75, 3.05) is 32.1 Å². The number of imide groups is 1. The number of fused-ring (bicyclic) bond motifs is 1. The smallest absolute Gasteiger partial charge is 0.261 e. The molecule has 0 saturated heterocycles. The summed E-state index contributed by atoms with van der Waals surface area (Å²) in [6.45, 7) is 7.83. The van der Waals surface area contributed by atoms with Crippen LogP contribution in [-0.4, -0.2) is 43.5 Å². The normalized spacial score (nSPS) is 14.6. The Balaban J connectivity index is 2.17. The average Bonchev–Trinajstić information content (AvgIpc) is 2.66. The summed E-state index contributed by atoms with van der Waals surface area (Å²) in [6, 6.07) is 5.32. The highest BCUT2D eigenvalue weighted by Gasteiger charge is 2.35. The second kappa shape index (κ2) is 5.85. The van der Waals surface area contributed by atoms with E-state index in [9.17, 15) is 9.59 Å². The first-order chi connectivity index (χ1) is 9.83. The average molecular weight is 290 g/mol. The predicted octanol–water partition coefficient (Wildman–Crippen LogP) is 2.39. The zero-order chi connectivity index (χ0) is 15.6. The lowest BCUT2D eigenvalue weighted by Gasteiger charge is -2.19. The summed E-state index contributed by atoms with van der Waals surface area (Å²) in [5.74, 6) is -0.485. The number of benzene rings is 1. The molecule has 114 valence electrons. The molecule has 5 nitrogen and oxygen atoms in total. The number of methoxy groups -OCH3 is 1. The Labute approximate surface area is 125 Å². The van der Waals surface area contributed by atoms with Gasteiger partial charge in [-0.3, -0.25) is 14.5 Å². The molecule has 0 atom stereocenters. The van der Waals surface area contributed by atoms with Crippen LogP contribution in [0.5, 0.6) is 0 Å². The molecule has 1 aliphatic rings. The summed E-state index contributed by atoms with van der Waals surface area (Å²) in [4.78, 5) is 25.7. The van der Waals surface area contributed by atoms with Crippen molar-refractivity contribution in [3.05, 3.63) is 29.3 Å². The van der Waals surface area contributed by atoms with Gasteiger partial charge in [-0.05, 0) is 23.6 Å². The number of carbonyl (C=O) groups excluding carboxylic acids is 2. The number of carbonyl (C=O) groups is 2. The summed E-state index contributed by atoms with van der Waals surface area (Å²) in [7, 11) is 1.55. The van der Waals surface area contributed by atoms with Crippen molar-refractivity contribution < 1.29 is 14.3 Å². The molecule has 0 saturated carbocycles. The van der Waals surface area contributed by atoms with E-state index >= 15 is 0 Å². The summed E-state index contributed by atoms with van der Waals surface area (Å²) in [5, 5.41) is 3.30. The van der Waals surface area contributed by atoms with Crippen molar-refractivity contribution >= 4 is 17.5 Å². The van der Waals surface area contributed by atoms with Gasteiger partial charge in [0.1, 0.15) is 0 Å². The summed E-state index contributed by atoms with van der Waals surface area (Å²) in [6.07, 6.45) is 0. The molecule has 0 spiro atoms. The van der Waals surface area contributed by atoms with Crippen LogP contribution in [0.15, 0.2) is 18.2 Å². The maximum atomic E-state index is 12.3. The van der Waals surface area contributed by atoms with Gasteiger partial charge in [0.15, 0.2) is 0 Å². The van der Waals surface area contributed by atoms with E-state index in [0.29, 0.717) is 17.7 Å². The van der Waals surface area contributed by atoms with Crippen LogP contribution in [0.1, 0.15) is 41.5 Å². The van der Waals surface area contributed by atoms with Crippen LogP contribution < -0.4 is 5.32 Å². The fourth-order valence-corrected chi connectivity index (χ4v) is 2.15. The van der Waals surface area contributed by atoms with Crippen LogP contribution in [0.2, 0.25) is 0 Å². The molecular weight excluding hydrogens is 268 g/mol. The molecule has 0 aliphatic carbocycles. The van der Waals surface area contributed by atoms with Gasteiger partial charge in [0.25, 0.3) is 11.8 Å². The van der Waals surface area contributed by atoms with Crippen molar-refractivity contribution in [2.24, 2.45) is 5.41 Å². The quantitative estimate of drug-likeness (QED) is 0.846. The number of hydrogen-bond acceptors (Lipinski definition) is 4. The zero-order valence-electron chi connectivity index (χ0n) is 13.0. The standard InChI is InChI=1S/C16H22N2O3/c1-16(2,3)10-17-11-5-6-12-13(9-11)15(20)18(14(12)19)7-8-21-4/h5-6,9,17H,7-8,10H2,1-4H3. The predicted molar refractivity (Wildman–Crippen MR) is 81.6 cm³/mol. The molecule has 0 aromatic heterocycles. The first-order valence-corrected chi connectivity index (χ1v) is 7.06. The van der Waals surface area contributed by atoms with E-state index in [1.165, 1.54) is 4.90 Å². The second-order valence-electron chi connectivity index (χ2n) is 6.43. The molecule has 0 bridgehead atoms. The summed E-state index contributed by atoms with van der Waals surface area (Å²) < 4.78 is 4.94. The second-order valence-corrected chi connectivity index (χ2v) is 6.43. The number of amides is 2. The molecule has 2 amide bonds. The lowest BCUT2D eigenvalue weighted by molar-refractivity contribution is 0.0603. The third-order valence-electron chi connectivity index (χ3n) is 3.31. The van der Waals surface area contributed by atoms with E-state index < -0.39 is 0 Å². The Morgan fingerprint density at radius 2 is 1.81 bits per heavy atom. The van der Waals surface area contributed by atoms with Crippen LogP contribution in [-0.2, 0) is 4.74 Å². The fourth-order valence-electron chi connectivity index (χ4n) is 2.15. The Morgan fingerprint density at radius 1 is 1.14 bits per heavy atom. The number of anilines is 1. The first-order valence-electron chi connectivity index (χ1n) is 7.06.